The van der Waals surface area contributed by atoms with Gasteiger partial charge in [0.05, 0.1) is 16.5 Å². The molecule has 0 saturated carbocycles. The van der Waals surface area contributed by atoms with Crippen LogP contribution in [0.15, 0.2) is 76.3 Å². The molecule has 0 spiro atoms. The van der Waals surface area contributed by atoms with Gasteiger partial charge in [0.2, 0.25) is 5.43 Å². The number of nitrogens with zero attached hydrogens (tertiary/aromatic N) is 1. The molecule has 4 aromatic rings. The zero-order valence-electron chi connectivity index (χ0n) is 11.1. The maximum atomic E-state index is 12.7. The number of fused-ring (bicyclic) bond motifs is 2. The molecule has 0 aliphatic carbocycles. The molecule has 3 nitrogen and oxygen atoms in total. The van der Waals surface area contributed by atoms with Crippen LogP contribution < -0.4 is 5.43 Å². The Bertz CT molecular complexity index is 1010. The van der Waals surface area contributed by atoms with E-state index < -0.39 is 0 Å². The fourth-order valence-corrected chi connectivity index (χ4v) is 2.59. The highest BCUT2D eigenvalue weighted by Crippen LogP contribution is 2.26. The predicted molar refractivity (Wildman–Crippen MR) is 83.2 cm³/mol. The number of hydrogen-bond acceptors (Lipinski definition) is 3. The van der Waals surface area contributed by atoms with Crippen molar-refractivity contribution in [2.24, 2.45) is 0 Å². The number of rotatable bonds is 1. The highest BCUT2D eigenvalue weighted by atomic mass is 16.3. The van der Waals surface area contributed by atoms with Crippen molar-refractivity contribution in [2.75, 3.05) is 0 Å². The van der Waals surface area contributed by atoms with Gasteiger partial charge in [-0.15, -0.1) is 0 Å². The Morgan fingerprint density at radius 1 is 0.857 bits per heavy atom. The monoisotopic (exact) mass is 273 g/mol. The van der Waals surface area contributed by atoms with E-state index in [9.17, 15) is 4.79 Å². The van der Waals surface area contributed by atoms with E-state index in [1.54, 1.807) is 18.3 Å². The van der Waals surface area contributed by atoms with Gasteiger partial charge in [-0.3, -0.25) is 9.78 Å². The van der Waals surface area contributed by atoms with Gasteiger partial charge >= 0.3 is 0 Å². The van der Waals surface area contributed by atoms with Crippen LogP contribution in [-0.2, 0) is 0 Å². The molecule has 0 fully saturated rings. The summed E-state index contributed by atoms with van der Waals surface area (Å²) in [5.74, 6) is 0. The number of benzene rings is 2. The van der Waals surface area contributed by atoms with E-state index in [-0.39, 0.29) is 5.43 Å². The highest BCUT2D eigenvalue weighted by Gasteiger charge is 2.11. The number of aromatic nitrogens is 1. The average molecular weight is 273 g/mol. The predicted octanol–water partition coefficient (Wildman–Crippen LogP) is 4.01. The molecular weight excluding hydrogens is 262 g/mol. The van der Waals surface area contributed by atoms with Crippen LogP contribution in [0.5, 0.6) is 0 Å². The summed E-state index contributed by atoms with van der Waals surface area (Å²) in [7, 11) is 0. The minimum atomic E-state index is -0.0324. The van der Waals surface area contributed by atoms with E-state index >= 15 is 0 Å². The molecule has 0 aliphatic rings. The number of pyridine rings is 1. The zero-order valence-corrected chi connectivity index (χ0v) is 11.1. The lowest BCUT2D eigenvalue weighted by Crippen LogP contribution is -2.05. The molecule has 2 heterocycles. The van der Waals surface area contributed by atoms with Crippen LogP contribution in [0.3, 0.4) is 0 Å². The van der Waals surface area contributed by atoms with E-state index in [1.165, 1.54) is 6.26 Å². The molecule has 0 saturated heterocycles. The standard InChI is InChI=1S/C18H11NO2/c20-18-14-7-1-2-9-16(14)21-11-15(18)13-8-3-5-12-6-4-10-19-17(12)13/h1-11H. The lowest BCUT2D eigenvalue weighted by Gasteiger charge is -2.05. The van der Waals surface area contributed by atoms with Crippen molar-refractivity contribution in [1.29, 1.82) is 0 Å². The summed E-state index contributed by atoms with van der Waals surface area (Å²) in [6.45, 7) is 0. The second-order valence-electron chi connectivity index (χ2n) is 4.86. The number of hydrogen-bond donors (Lipinski definition) is 0. The van der Waals surface area contributed by atoms with Gasteiger partial charge in [0, 0.05) is 17.1 Å². The molecule has 0 amide bonds. The fourth-order valence-electron chi connectivity index (χ4n) is 2.59. The van der Waals surface area contributed by atoms with Crippen LogP contribution >= 0.6 is 0 Å². The fraction of sp³-hybridized carbons (Fsp3) is 0. The normalized spacial score (nSPS) is 11.0. The lowest BCUT2D eigenvalue weighted by molar-refractivity contribution is 0.604. The van der Waals surface area contributed by atoms with Gasteiger partial charge in [-0.1, -0.05) is 36.4 Å². The first-order valence-electron chi connectivity index (χ1n) is 6.69. The topological polar surface area (TPSA) is 43.1 Å². The van der Waals surface area contributed by atoms with Gasteiger partial charge in [0.15, 0.2) is 0 Å². The SMILES string of the molecule is O=c1c(-c2cccc3cccnc23)coc2ccccc12. The molecule has 0 bridgehead atoms. The molecule has 2 aromatic heterocycles. The van der Waals surface area contributed by atoms with Crippen molar-refractivity contribution < 1.29 is 4.42 Å². The molecular formula is C18H11NO2. The van der Waals surface area contributed by atoms with Gasteiger partial charge in [-0.2, -0.15) is 0 Å². The van der Waals surface area contributed by atoms with Crippen molar-refractivity contribution >= 4 is 21.9 Å². The molecule has 21 heavy (non-hydrogen) atoms. The van der Waals surface area contributed by atoms with Crippen LogP contribution in [0.2, 0.25) is 0 Å². The van der Waals surface area contributed by atoms with E-state index in [0.29, 0.717) is 16.5 Å². The van der Waals surface area contributed by atoms with Gasteiger partial charge < -0.3 is 4.42 Å². The molecule has 0 radical (unpaired) electrons. The largest absolute Gasteiger partial charge is 0.463 e. The van der Waals surface area contributed by atoms with Crippen molar-refractivity contribution in [3.05, 3.63) is 77.3 Å². The summed E-state index contributed by atoms with van der Waals surface area (Å²) in [6, 6.07) is 16.9. The summed E-state index contributed by atoms with van der Waals surface area (Å²) in [4.78, 5) is 17.1. The Morgan fingerprint density at radius 3 is 2.67 bits per heavy atom. The molecule has 3 heteroatoms. The van der Waals surface area contributed by atoms with E-state index in [1.807, 2.05) is 42.5 Å². The third kappa shape index (κ3) is 1.82. The van der Waals surface area contributed by atoms with Crippen molar-refractivity contribution in [3.8, 4) is 11.1 Å². The van der Waals surface area contributed by atoms with Crippen molar-refractivity contribution in [1.82, 2.24) is 4.98 Å². The van der Waals surface area contributed by atoms with Gasteiger partial charge in [0.1, 0.15) is 11.8 Å². The van der Waals surface area contributed by atoms with Crippen LogP contribution in [0.4, 0.5) is 0 Å². The highest BCUT2D eigenvalue weighted by molar-refractivity contribution is 5.94. The second-order valence-corrected chi connectivity index (χ2v) is 4.86. The van der Waals surface area contributed by atoms with Crippen LogP contribution in [0.25, 0.3) is 33.0 Å². The molecule has 0 aliphatic heterocycles. The smallest absolute Gasteiger partial charge is 0.200 e. The van der Waals surface area contributed by atoms with Crippen molar-refractivity contribution in [2.45, 2.75) is 0 Å². The first-order valence-corrected chi connectivity index (χ1v) is 6.69. The maximum Gasteiger partial charge on any atom is 0.200 e. The summed E-state index contributed by atoms with van der Waals surface area (Å²) in [6.07, 6.45) is 3.25. The van der Waals surface area contributed by atoms with Crippen LogP contribution in [0.1, 0.15) is 0 Å². The third-order valence-corrected chi connectivity index (χ3v) is 3.60. The summed E-state index contributed by atoms with van der Waals surface area (Å²) in [5, 5.41) is 1.59. The molecule has 4 rings (SSSR count). The van der Waals surface area contributed by atoms with E-state index in [4.69, 9.17) is 4.42 Å². The Labute approximate surface area is 120 Å². The summed E-state index contributed by atoms with van der Waals surface area (Å²) in [5.41, 5.74) is 2.71. The van der Waals surface area contributed by atoms with Crippen molar-refractivity contribution in [3.63, 3.8) is 0 Å². The summed E-state index contributed by atoms with van der Waals surface area (Å²) >= 11 is 0. The van der Waals surface area contributed by atoms with Crippen LogP contribution in [-0.4, -0.2) is 4.98 Å². The van der Waals surface area contributed by atoms with Crippen LogP contribution in [0, 0.1) is 0 Å². The molecule has 100 valence electrons. The third-order valence-electron chi connectivity index (χ3n) is 3.60. The Hall–Kier alpha value is -2.94. The Morgan fingerprint density at radius 2 is 1.71 bits per heavy atom. The van der Waals surface area contributed by atoms with Gasteiger partial charge in [0.25, 0.3) is 0 Å². The second kappa shape index (κ2) is 4.56. The quantitative estimate of drug-likeness (QED) is 0.526. The van der Waals surface area contributed by atoms with Gasteiger partial charge in [-0.05, 0) is 18.2 Å². The minimum Gasteiger partial charge on any atom is -0.463 e. The Kier molecular flexibility index (Phi) is 2.57. The summed E-state index contributed by atoms with van der Waals surface area (Å²) < 4.78 is 5.60. The molecule has 0 atom stereocenters. The first-order chi connectivity index (χ1) is 10.3. The maximum absolute atomic E-state index is 12.7. The first kappa shape index (κ1) is 11.9. The van der Waals surface area contributed by atoms with E-state index in [0.717, 1.165) is 16.5 Å². The van der Waals surface area contributed by atoms with E-state index in [2.05, 4.69) is 4.98 Å². The average Bonchev–Trinajstić information content (AvgIpc) is 2.55. The lowest BCUT2D eigenvalue weighted by atomic mass is 10.0. The van der Waals surface area contributed by atoms with Gasteiger partial charge in [-0.25, -0.2) is 0 Å². The molecule has 2 aromatic carbocycles. The number of para-hydroxylation sites is 2. The minimum absolute atomic E-state index is 0.0324. The molecule has 0 unspecified atom stereocenters. The Balaban J connectivity index is 2.10. The zero-order chi connectivity index (χ0) is 14.2. The molecule has 0 N–H and O–H groups in total.